The molecule has 1 rings (SSSR count). The van der Waals surface area contributed by atoms with Crippen LogP contribution in [0, 0.1) is 11.8 Å². The van der Waals surface area contributed by atoms with Gasteiger partial charge >= 0.3 is 11.9 Å². The molecule has 0 aromatic heterocycles. The molecule has 5 heteroatoms. The number of carbonyl (C=O) groups is 2. The molecule has 0 saturated heterocycles. The van der Waals surface area contributed by atoms with Gasteiger partial charge in [-0.05, 0) is 12.8 Å². The van der Waals surface area contributed by atoms with Crippen molar-refractivity contribution in [2.75, 3.05) is 14.2 Å². The van der Waals surface area contributed by atoms with Crippen molar-refractivity contribution in [2.24, 2.45) is 11.8 Å². The second-order valence-electron chi connectivity index (χ2n) is 3.38. The first-order valence-electron chi connectivity index (χ1n) is 4.43. The maximum Gasteiger partial charge on any atom is 0.309 e. The topological polar surface area (TPSA) is 72.8 Å². The van der Waals surface area contributed by atoms with Gasteiger partial charge in [0.1, 0.15) is 0 Å². The molecule has 0 unspecified atom stereocenters. The van der Waals surface area contributed by atoms with E-state index >= 15 is 0 Å². The van der Waals surface area contributed by atoms with E-state index in [1.807, 2.05) is 0 Å². The van der Waals surface area contributed by atoms with E-state index in [2.05, 4.69) is 9.47 Å². The van der Waals surface area contributed by atoms with E-state index in [1.54, 1.807) is 0 Å². The van der Waals surface area contributed by atoms with Gasteiger partial charge in [-0.2, -0.15) is 0 Å². The number of ether oxygens (including phenoxy) is 2. The number of esters is 2. The van der Waals surface area contributed by atoms with Gasteiger partial charge in [-0.15, -0.1) is 0 Å². The van der Waals surface area contributed by atoms with E-state index in [1.165, 1.54) is 14.2 Å². The minimum absolute atomic E-state index is 0.270. The van der Waals surface area contributed by atoms with Crippen LogP contribution in [0.2, 0.25) is 0 Å². The van der Waals surface area contributed by atoms with Crippen LogP contribution in [0.15, 0.2) is 0 Å². The SMILES string of the molecule is COC(=O)[C@H]1CC(O)C[C@@H]1C(=O)OC. The number of hydrogen-bond donors (Lipinski definition) is 1. The molecule has 0 radical (unpaired) electrons. The highest BCUT2D eigenvalue weighted by atomic mass is 16.5. The first-order valence-corrected chi connectivity index (χ1v) is 4.43. The lowest BCUT2D eigenvalue weighted by atomic mass is 9.96. The minimum atomic E-state index is -0.622. The molecule has 0 bridgehead atoms. The van der Waals surface area contributed by atoms with Gasteiger partial charge in [0.2, 0.25) is 0 Å². The lowest BCUT2D eigenvalue weighted by Gasteiger charge is -2.13. The summed E-state index contributed by atoms with van der Waals surface area (Å²) in [6, 6.07) is 0. The third kappa shape index (κ3) is 2.04. The lowest BCUT2D eigenvalue weighted by Crippen LogP contribution is -2.27. The first kappa shape index (κ1) is 11.0. The summed E-state index contributed by atoms with van der Waals surface area (Å²) in [5, 5.41) is 9.34. The molecule has 1 saturated carbocycles. The maximum atomic E-state index is 11.2. The van der Waals surface area contributed by atoms with Crippen molar-refractivity contribution in [1.29, 1.82) is 0 Å². The van der Waals surface area contributed by atoms with Crippen LogP contribution in [0.4, 0.5) is 0 Å². The Morgan fingerprint density at radius 1 is 1.07 bits per heavy atom. The fraction of sp³-hybridized carbons (Fsp3) is 0.778. The zero-order chi connectivity index (χ0) is 10.7. The van der Waals surface area contributed by atoms with E-state index in [-0.39, 0.29) is 12.8 Å². The summed E-state index contributed by atoms with van der Waals surface area (Å²) < 4.78 is 9.10. The largest absolute Gasteiger partial charge is 0.469 e. The second kappa shape index (κ2) is 4.41. The molecule has 0 aromatic carbocycles. The lowest BCUT2D eigenvalue weighted by molar-refractivity contribution is -0.156. The molecule has 1 aliphatic rings. The molecule has 0 heterocycles. The predicted molar refractivity (Wildman–Crippen MR) is 46.3 cm³/mol. The number of aliphatic hydroxyl groups excluding tert-OH is 1. The Labute approximate surface area is 82.0 Å². The normalized spacial score (nSPS) is 27.4. The molecule has 0 aromatic rings. The summed E-state index contributed by atoms with van der Waals surface area (Å²) in [6.07, 6.45) is -0.0815. The Balaban J connectivity index is 2.72. The molecule has 1 fully saturated rings. The van der Waals surface area contributed by atoms with Crippen LogP contribution in [-0.4, -0.2) is 37.4 Å². The smallest absolute Gasteiger partial charge is 0.309 e. The minimum Gasteiger partial charge on any atom is -0.469 e. The molecular weight excluding hydrogens is 188 g/mol. The summed E-state index contributed by atoms with van der Waals surface area (Å²) in [5.41, 5.74) is 0. The van der Waals surface area contributed by atoms with Gasteiger partial charge in [0.05, 0.1) is 32.2 Å². The van der Waals surface area contributed by atoms with E-state index in [9.17, 15) is 14.7 Å². The molecule has 2 atom stereocenters. The van der Waals surface area contributed by atoms with Crippen molar-refractivity contribution in [3.8, 4) is 0 Å². The van der Waals surface area contributed by atoms with Crippen LogP contribution in [0.3, 0.4) is 0 Å². The zero-order valence-corrected chi connectivity index (χ0v) is 8.23. The number of aliphatic hydroxyl groups is 1. The van der Waals surface area contributed by atoms with E-state index in [0.717, 1.165) is 0 Å². The number of rotatable bonds is 2. The summed E-state index contributed by atoms with van der Waals surface area (Å²) in [6.45, 7) is 0. The summed E-state index contributed by atoms with van der Waals surface area (Å²) in [5.74, 6) is -2.06. The van der Waals surface area contributed by atoms with Gasteiger partial charge in [-0.3, -0.25) is 9.59 Å². The molecule has 14 heavy (non-hydrogen) atoms. The number of hydrogen-bond acceptors (Lipinski definition) is 5. The molecule has 0 amide bonds. The Morgan fingerprint density at radius 2 is 1.43 bits per heavy atom. The molecule has 5 nitrogen and oxygen atoms in total. The van der Waals surface area contributed by atoms with Gasteiger partial charge in [-0.25, -0.2) is 0 Å². The standard InChI is InChI=1S/C9H14O5/c1-13-8(11)6-3-5(10)4-7(6)9(12)14-2/h5-7,10H,3-4H2,1-2H3/t6-,7-/m0/s1. The van der Waals surface area contributed by atoms with Gasteiger partial charge in [0.25, 0.3) is 0 Å². The fourth-order valence-electron chi connectivity index (χ4n) is 1.83. The Hall–Kier alpha value is -1.10. The molecule has 0 aliphatic heterocycles. The first-order chi connectivity index (χ1) is 6.60. The Morgan fingerprint density at radius 3 is 1.71 bits per heavy atom. The van der Waals surface area contributed by atoms with Crippen molar-refractivity contribution < 1.29 is 24.2 Å². The maximum absolute atomic E-state index is 11.2. The number of methoxy groups -OCH3 is 2. The highest BCUT2D eigenvalue weighted by Crippen LogP contribution is 2.33. The third-order valence-corrected chi connectivity index (χ3v) is 2.55. The second-order valence-corrected chi connectivity index (χ2v) is 3.38. The quantitative estimate of drug-likeness (QED) is 0.623. The molecule has 1 N–H and O–H groups in total. The molecular formula is C9H14O5. The van der Waals surface area contributed by atoms with Crippen molar-refractivity contribution >= 4 is 11.9 Å². The van der Waals surface area contributed by atoms with Crippen LogP contribution in [0.1, 0.15) is 12.8 Å². The Bertz CT molecular complexity index is 213. The van der Waals surface area contributed by atoms with Crippen LogP contribution in [-0.2, 0) is 19.1 Å². The fourth-order valence-corrected chi connectivity index (χ4v) is 1.83. The van der Waals surface area contributed by atoms with Crippen LogP contribution < -0.4 is 0 Å². The van der Waals surface area contributed by atoms with Crippen molar-refractivity contribution in [1.82, 2.24) is 0 Å². The van der Waals surface area contributed by atoms with E-state index in [0.29, 0.717) is 0 Å². The van der Waals surface area contributed by atoms with Crippen LogP contribution in [0.25, 0.3) is 0 Å². The predicted octanol–water partition coefficient (Wildman–Crippen LogP) is -0.281. The van der Waals surface area contributed by atoms with Crippen molar-refractivity contribution in [3.63, 3.8) is 0 Å². The van der Waals surface area contributed by atoms with Crippen molar-refractivity contribution in [2.45, 2.75) is 18.9 Å². The highest BCUT2D eigenvalue weighted by Gasteiger charge is 2.43. The monoisotopic (exact) mass is 202 g/mol. The van der Waals surface area contributed by atoms with E-state index < -0.39 is 29.9 Å². The summed E-state index contributed by atoms with van der Waals surface area (Å²) in [7, 11) is 2.53. The summed E-state index contributed by atoms with van der Waals surface area (Å²) in [4.78, 5) is 22.5. The number of carbonyl (C=O) groups excluding carboxylic acids is 2. The van der Waals surface area contributed by atoms with Gasteiger partial charge < -0.3 is 14.6 Å². The van der Waals surface area contributed by atoms with Gasteiger partial charge in [0, 0.05) is 0 Å². The van der Waals surface area contributed by atoms with Gasteiger partial charge in [0.15, 0.2) is 0 Å². The van der Waals surface area contributed by atoms with Crippen LogP contribution >= 0.6 is 0 Å². The Kier molecular flexibility index (Phi) is 3.46. The molecule has 1 aliphatic carbocycles. The summed E-state index contributed by atoms with van der Waals surface area (Å²) >= 11 is 0. The molecule has 0 spiro atoms. The highest BCUT2D eigenvalue weighted by molar-refractivity contribution is 5.82. The van der Waals surface area contributed by atoms with Crippen molar-refractivity contribution in [3.05, 3.63) is 0 Å². The average Bonchev–Trinajstić information content (AvgIpc) is 2.58. The van der Waals surface area contributed by atoms with E-state index in [4.69, 9.17) is 0 Å². The van der Waals surface area contributed by atoms with Gasteiger partial charge in [-0.1, -0.05) is 0 Å². The zero-order valence-electron chi connectivity index (χ0n) is 8.23. The third-order valence-electron chi connectivity index (χ3n) is 2.55. The van der Waals surface area contributed by atoms with Crippen LogP contribution in [0.5, 0.6) is 0 Å². The average molecular weight is 202 g/mol. The molecule has 80 valence electrons.